The van der Waals surface area contributed by atoms with Crippen molar-refractivity contribution in [3.63, 3.8) is 0 Å². The minimum atomic E-state index is -0.341. The minimum Gasteiger partial charge on any atom is -0.465 e. The van der Waals surface area contributed by atoms with Gasteiger partial charge in [0.1, 0.15) is 0 Å². The van der Waals surface area contributed by atoms with Gasteiger partial charge in [-0.1, -0.05) is 0 Å². The van der Waals surface area contributed by atoms with Crippen LogP contribution in [0.3, 0.4) is 0 Å². The number of carbonyl (C=O) groups excluding carboxylic acids is 1. The molecule has 0 fully saturated rings. The molecule has 1 heterocycles. The van der Waals surface area contributed by atoms with Crippen molar-refractivity contribution < 1.29 is 9.53 Å². The highest BCUT2D eigenvalue weighted by Gasteiger charge is 2.14. The molecule has 0 atom stereocenters. The lowest BCUT2D eigenvalue weighted by Gasteiger charge is -1.99. The third-order valence-corrected chi connectivity index (χ3v) is 1.70. The van der Waals surface area contributed by atoms with E-state index in [2.05, 4.69) is 15.2 Å². The molecule has 0 aliphatic carbocycles. The molecule has 1 aromatic rings. The van der Waals surface area contributed by atoms with Crippen LogP contribution in [0, 0.1) is 0 Å². The quantitative estimate of drug-likeness (QED) is 0.644. The summed E-state index contributed by atoms with van der Waals surface area (Å²) in [5, 5.41) is 8.69. The molecule has 0 saturated carbocycles. The summed E-state index contributed by atoms with van der Waals surface area (Å²) in [6, 6.07) is 6.85. The molecule has 1 aromatic carbocycles. The molecule has 13 heavy (non-hydrogen) atoms. The molecular formula is C8H7N3O2. The highest BCUT2D eigenvalue weighted by atomic mass is 16.5. The van der Waals surface area contributed by atoms with E-state index in [-0.39, 0.29) is 5.97 Å². The van der Waals surface area contributed by atoms with Gasteiger partial charge in [0.25, 0.3) is 0 Å². The molecule has 1 aliphatic rings. The molecule has 0 bridgehead atoms. The highest BCUT2D eigenvalue weighted by molar-refractivity contribution is 5.89. The summed E-state index contributed by atoms with van der Waals surface area (Å²) >= 11 is 0. The predicted octanol–water partition coefficient (Wildman–Crippen LogP) is 1.58. The Balaban J connectivity index is 2.17. The molecule has 0 amide bonds. The van der Waals surface area contributed by atoms with E-state index >= 15 is 0 Å². The Kier molecular flexibility index (Phi) is 1.70. The summed E-state index contributed by atoms with van der Waals surface area (Å²) in [6.07, 6.45) is 0. The fourth-order valence-corrected chi connectivity index (χ4v) is 0.972. The predicted molar refractivity (Wildman–Crippen MR) is 45.1 cm³/mol. The molecule has 0 unspecified atom stereocenters. The Morgan fingerprint density at radius 1 is 1.31 bits per heavy atom. The molecule has 0 radical (unpaired) electrons. The number of nitrogens with zero attached hydrogens (tertiary/aromatic N) is 3. The topological polar surface area (TPSA) is 54.0 Å². The summed E-state index contributed by atoms with van der Waals surface area (Å²) in [5.41, 5.74) is 1.36. The zero-order valence-corrected chi connectivity index (χ0v) is 6.97. The number of hydrogen-bond acceptors (Lipinski definition) is 5. The van der Waals surface area contributed by atoms with E-state index < -0.39 is 0 Å². The van der Waals surface area contributed by atoms with Crippen LogP contribution >= 0.6 is 0 Å². The fourth-order valence-electron chi connectivity index (χ4n) is 0.972. The third kappa shape index (κ3) is 1.48. The van der Waals surface area contributed by atoms with Crippen LogP contribution in [0.1, 0.15) is 10.4 Å². The van der Waals surface area contributed by atoms with Crippen LogP contribution in [-0.4, -0.2) is 13.1 Å². The van der Waals surface area contributed by atoms with Crippen molar-refractivity contribution in [3.8, 4) is 0 Å². The first-order valence-corrected chi connectivity index (χ1v) is 3.71. The lowest BCUT2D eigenvalue weighted by atomic mass is 10.2. The maximum absolute atomic E-state index is 11.0. The Morgan fingerprint density at radius 2 is 1.92 bits per heavy atom. The number of rotatable bonds is 2. The average molecular weight is 177 g/mol. The number of anilines is 1. The van der Waals surface area contributed by atoms with Crippen LogP contribution < -0.4 is 5.12 Å². The van der Waals surface area contributed by atoms with Crippen molar-refractivity contribution in [2.45, 2.75) is 0 Å². The Hall–Kier alpha value is -1.91. The minimum absolute atomic E-state index is 0.341. The smallest absolute Gasteiger partial charge is 0.337 e. The van der Waals surface area contributed by atoms with Crippen molar-refractivity contribution in [1.82, 2.24) is 0 Å². The molecule has 1 aliphatic heterocycles. The van der Waals surface area contributed by atoms with Crippen molar-refractivity contribution in [2.24, 2.45) is 10.4 Å². The van der Waals surface area contributed by atoms with Crippen molar-refractivity contribution in [1.29, 1.82) is 0 Å². The van der Waals surface area contributed by atoms with Gasteiger partial charge in [-0.3, -0.25) is 0 Å². The van der Waals surface area contributed by atoms with E-state index in [4.69, 9.17) is 0 Å². The van der Waals surface area contributed by atoms with Crippen LogP contribution in [0.4, 0.5) is 5.69 Å². The zero-order valence-electron chi connectivity index (χ0n) is 6.97. The molecule has 0 spiro atoms. The first-order valence-electron chi connectivity index (χ1n) is 3.71. The second-order valence-electron chi connectivity index (χ2n) is 2.51. The summed E-state index contributed by atoms with van der Waals surface area (Å²) in [4.78, 5) is 11.0. The zero-order chi connectivity index (χ0) is 9.26. The summed E-state index contributed by atoms with van der Waals surface area (Å²) < 4.78 is 4.55. The van der Waals surface area contributed by atoms with E-state index in [1.807, 2.05) is 0 Å². The van der Waals surface area contributed by atoms with Gasteiger partial charge in [-0.25, -0.2) is 4.79 Å². The standard InChI is InChI=1S/C8H7N3O2/c1-13-8(12)6-2-4-7(5-3-6)11-9-10-11/h2-5H,1H3. The van der Waals surface area contributed by atoms with Gasteiger partial charge in [-0.2, -0.15) is 0 Å². The van der Waals surface area contributed by atoms with Crippen LogP contribution in [0.5, 0.6) is 0 Å². The van der Waals surface area contributed by atoms with E-state index in [0.29, 0.717) is 5.56 Å². The molecule has 0 saturated heterocycles. The maximum Gasteiger partial charge on any atom is 0.337 e. The maximum atomic E-state index is 11.0. The summed E-state index contributed by atoms with van der Waals surface area (Å²) in [6.45, 7) is 0. The summed E-state index contributed by atoms with van der Waals surface area (Å²) in [7, 11) is 1.35. The second-order valence-corrected chi connectivity index (χ2v) is 2.51. The molecular weight excluding hydrogens is 170 g/mol. The number of hydrogen-bond donors (Lipinski definition) is 0. The van der Waals surface area contributed by atoms with Gasteiger partial charge in [0.15, 0.2) is 0 Å². The second kappa shape index (κ2) is 2.85. The van der Waals surface area contributed by atoms with Gasteiger partial charge >= 0.3 is 5.97 Å². The van der Waals surface area contributed by atoms with Crippen LogP contribution in [0.2, 0.25) is 0 Å². The molecule has 5 heteroatoms. The Bertz CT molecular complexity index is 352. The first-order chi connectivity index (χ1) is 6.31. The van der Waals surface area contributed by atoms with Crippen LogP contribution in [0.15, 0.2) is 34.7 Å². The monoisotopic (exact) mass is 177 g/mol. The molecule has 66 valence electrons. The number of esters is 1. The number of benzene rings is 1. The number of methoxy groups -OCH3 is 1. The molecule has 5 nitrogen and oxygen atoms in total. The average Bonchev–Trinajstić information content (AvgIpc) is 3.00. The fraction of sp³-hybridized carbons (Fsp3) is 0.125. The molecule has 0 aromatic heterocycles. The van der Waals surface area contributed by atoms with E-state index in [1.54, 1.807) is 24.3 Å². The van der Waals surface area contributed by atoms with Crippen molar-refractivity contribution in [3.05, 3.63) is 29.8 Å². The van der Waals surface area contributed by atoms with Crippen molar-refractivity contribution in [2.75, 3.05) is 12.2 Å². The first kappa shape index (κ1) is 7.72. The van der Waals surface area contributed by atoms with E-state index in [1.165, 1.54) is 12.2 Å². The van der Waals surface area contributed by atoms with E-state index in [9.17, 15) is 4.79 Å². The number of ether oxygens (including phenoxy) is 1. The largest absolute Gasteiger partial charge is 0.465 e. The molecule has 0 N–H and O–H groups in total. The van der Waals surface area contributed by atoms with Gasteiger partial charge in [0.2, 0.25) is 0 Å². The van der Waals surface area contributed by atoms with E-state index in [0.717, 1.165) is 5.69 Å². The van der Waals surface area contributed by atoms with Crippen LogP contribution in [-0.2, 0) is 4.74 Å². The van der Waals surface area contributed by atoms with Gasteiger partial charge in [0.05, 0.1) is 18.4 Å². The lowest BCUT2D eigenvalue weighted by molar-refractivity contribution is 0.0601. The Morgan fingerprint density at radius 3 is 2.38 bits per heavy atom. The third-order valence-electron chi connectivity index (χ3n) is 1.70. The van der Waals surface area contributed by atoms with Gasteiger partial charge in [0, 0.05) is 0 Å². The van der Waals surface area contributed by atoms with Crippen LogP contribution in [0.25, 0.3) is 0 Å². The summed E-state index contributed by atoms with van der Waals surface area (Å²) in [5.74, 6) is -0.341. The lowest BCUT2D eigenvalue weighted by Crippen LogP contribution is -2.00. The van der Waals surface area contributed by atoms with Gasteiger partial charge < -0.3 is 4.74 Å². The number of carbonyl (C=O) groups is 1. The molecule has 2 rings (SSSR count). The normalized spacial score (nSPS) is 12.8. The van der Waals surface area contributed by atoms with Crippen molar-refractivity contribution >= 4 is 11.7 Å². The SMILES string of the molecule is COC(=O)c1ccc(N2N=N2)cc1. The Labute approximate surface area is 74.6 Å². The highest BCUT2D eigenvalue weighted by Crippen LogP contribution is 2.22. The van der Waals surface area contributed by atoms with Gasteiger partial charge in [-0.15, -0.1) is 5.12 Å². The van der Waals surface area contributed by atoms with Gasteiger partial charge in [-0.05, 0) is 34.7 Å².